The number of rotatable bonds is 2. The third-order valence-electron chi connectivity index (χ3n) is 2.19. The molecule has 3 nitrogen and oxygen atoms in total. The Morgan fingerprint density at radius 2 is 2.13 bits per heavy atom. The van der Waals surface area contributed by atoms with E-state index in [2.05, 4.69) is 15.9 Å². The van der Waals surface area contributed by atoms with Gasteiger partial charge in [-0.05, 0) is 47.0 Å². The van der Waals surface area contributed by atoms with Crippen molar-refractivity contribution in [1.29, 1.82) is 0 Å². The maximum Gasteiger partial charge on any atom is 0.175 e. The van der Waals surface area contributed by atoms with E-state index >= 15 is 0 Å². The molecule has 1 aromatic rings. The highest BCUT2D eigenvalue weighted by atomic mass is 79.9. The van der Waals surface area contributed by atoms with Gasteiger partial charge < -0.3 is 14.6 Å². The molecular weight excluding hydrogens is 260 g/mol. The highest BCUT2D eigenvalue weighted by molar-refractivity contribution is 9.10. The van der Waals surface area contributed by atoms with Crippen LogP contribution in [0.25, 0.3) is 0 Å². The Bertz CT molecular complexity index is 363. The minimum absolute atomic E-state index is 0.348. The molecule has 15 heavy (non-hydrogen) atoms. The molecule has 0 saturated heterocycles. The van der Waals surface area contributed by atoms with Crippen molar-refractivity contribution in [2.24, 2.45) is 0 Å². The Hall–Kier alpha value is -0.740. The van der Waals surface area contributed by atoms with Crippen molar-refractivity contribution in [1.82, 2.24) is 0 Å². The van der Waals surface area contributed by atoms with E-state index in [-0.39, 0.29) is 6.10 Å². The van der Waals surface area contributed by atoms with Crippen molar-refractivity contribution in [3.05, 3.63) is 22.2 Å². The minimum atomic E-state index is -0.348. The van der Waals surface area contributed by atoms with E-state index in [0.717, 1.165) is 21.5 Å². The monoisotopic (exact) mass is 272 g/mol. The fourth-order valence-electron chi connectivity index (χ4n) is 1.62. The second kappa shape index (κ2) is 4.41. The zero-order valence-corrected chi connectivity index (χ0v) is 10.1. The van der Waals surface area contributed by atoms with Crippen LogP contribution in [0.15, 0.2) is 16.6 Å². The van der Waals surface area contributed by atoms with Crippen LogP contribution in [0.1, 0.15) is 12.5 Å². The molecule has 1 unspecified atom stereocenters. The normalized spacial score (nSPS) is 16.2. The van der Waals surface area contributed by atoms with Crippen LogP contribution in [0.2, 0.25) is 0 Å². The van der Waals surface area contributed by atoms with Crippen LogP contribution in [-0.2, 0) is 6.42 Å². The van der Waals surface area contributed by atoms with Crippen molar-refractivity contribution < 1.29 is 14.6 Å². The molecule has 82 valence electrons. The average Bonchev–Trinajstić information content (AvgIpc) is 2.16. The molecule has 1 heterocycles. The van der Waals surface area contributed by atoms with Gasteiger partial charge in [0.05, 0.1) is 10.6 Å². The molecule has 1 aromatic carbocycles. The number of halogens is 1. The molecule has 1 N–H and O–H groups in total. The number of ether oxygens (including phenoxy) is 2. The largest absolute Gasteiger partial charge is 0.486 e. The first-order chi connectivity index (χ1) is 7.16. The van der Waals surface area contributed by atoms with Gasteiger partial charge in [0.15, 0.2) is 11.5 Å². The van der Waals surface area contributed by atoms with Gasteiger partial charge in [-0.15, -0.1) is 0 Å². The quantitative estimate of drug-likeness (QED) is 0.897. The molecule has 0 aromatic heterocycles. The van der Waals surface area contributed by atoms with Gasteiger partial charge in [0.1, 0.15) is 13.2 Å². The van der Waals surface area contributed by atoms with Gasteiger partial charge >= 0.3 is 0 Å². The van der Waals surface area contributed by atoms with Gasteiger partial charge in [-0.1, -0.05) is 0 Å². The zero-order chi connectivity index (χ0) is 10.8. The predicted molar refractivity (Wildman–Crippen MR) is 60.5 cm³/mol. The summed E-state index contributed by atoms with van der Waals surface area (Å²) >= 11 is 3.44. The lowest BCUT2D eigenvalue weighted by Crippen LogP contribution is -2.16. The number of hydrogen-bond acceptors (Lipinski definition) is 3. The summed E-state index contributed by atoms with van der Waals surface area (Å²) in [6, 6.07) is 3.88. The van der Waals surface area contributed by atoms with Crippen molar-refractivity contribution in [2.75, 3.05) is 13.2 Å². The fraction of sp³-hybridized carbons (Fsp3) is 0.455. The van der Waals surface area contributed by atoms with Crippen LogP contribution in [-0.4, -0.2) is 24.4 Å². The predicted octanol–water partition coefficient (Wildman–Crippen LogP) is 2.14. The summed E-state index contributed by atoms with van der Waals surface area (Å²) in [6.45, 7) is 2.93. The van der Waals surface area contributed by atoms with Crippen LogP contribution >= 0.6 is 15.9 Å². The summed E-state index contributed by atoms with van der Waals surface area (Å²) in [5.74, 6) is 1.52. The molecule has 0 amide bonds. The van der Waals surface area contributed by atoms with E-state index in [9.17, 15) is 5.11 Å². The molecule has 0 spiro atoms. The average molecular weight is 273 g/mol. The minimum Gasteiger partial charge on any atom is -0.486 e. The van der Waals surface area contributed by atoms with E-state index < -0.39 is 0 Å². The second-order valence-corrected chi connectivity index (χ2v) is 4.51. The van der Waals surface area contributed by atoms with Crippen LogP contribution in [0.4, 0.5) is 0 Å². The first-order valence-corrected chi connectivity index (χ1v) is 5.72. The molecule has 2 rings (SSSR count). The Morgan fingerprint density at radius 3 is 2.87 bits per heavy atom. The third kappa shape index (κ3) is 2.44. The molecule has 0 aliphatic carbocycles. The molecule has 1 atom stereocenters. The lowest BCUT2D eigenvalue weighted by molar-refractivity contribution is 0.169. The molecule has 0 fully saturated rings. The molecule has 1 aliphatic rings. The molecular formula is C11H13BrO3. The van der Waals surface area contributed by atoms with E-state index in [1.807, 2.05) is 12.1 Å². The molecule has 0 radical (unpaired) electrons. The van der Waals surface area contributed by atoms with Gasteiger partial charge in [0, 0.05) is 0 Å². The number of aliphatic hydroxyl groups is 1. The zero-order valence-electron chi connectivity index (χ0n) is 8.50. The van der Waals surface area contributed by atoms with E-state index in [1.165, 1.54) is 0 Å². The van der Waals surface area contributed by atoms with Crippen LogP contribution < -0.4 is 9.47 Å². The standard InChI is InChI=1S/C11H13BrO3/c1-7(13)4-8-5-9(12)11-10(6-8)14-2-3-15-11/h5-7,13H,2-4H2,1H3. The van der Waals surface area contributed by atoms with Crippen molar-refractivity contribution in [3.8, 4) is 11.5 Å². The first-order valence-electron chi connectivity index (χ1n) is 4.93. The Morgan fingerprint density at radius 1 is 1.40 bits per heavy atom. The summed E-state index contributed by atoms with van der Waals surface area (Å²) in [7, 11) is 0. The summed E-state index contributed by atoms with van der Waals surface area (Å²) in [6.07, 6.45) is 0.273. The van der Waals surface area contributed by atoms with Crippen LogP contribution in [0, 0.1) is 0 Å². The highest BCUT2D eigenvalue weighted by Crippen LogP contribution is 2.38. The molecule has 0 bridgehead atoms. The number of benzene rings is 1. The van der Waals surface area contributed by atoms with E-state index in [0.29, 0.717) is 19.6 Å². The number of aliphatic hydroxyl groups excluding tert-OH is 1. The van der Waals surface area contributed by atoms with E-state index in [4.69, 9.17) is 9.47 Å². The molecule has 1 aliphatic heterocycles. The fourth-order valence-corrected chi connectivity index (χ4v) is 2.23. The number of hydrogen-bond donors (Lipinski definition) is 1. The lowest BCUT2D eigenvalue weighted by Gasteiger charge is -2.20. The Balaban J connectivity index is 2.32. The molecule has 0 saturated carbocycles. The second-order valence-electron chi connectivity index (χ2n) is 3.65. The smallest absolute Gasteiger partial charge is 0.175 e. The van der Waals surface area contributed by atoms with Gasteiger partial charge in [-0.2, -0.15) is 0 Å². The maximum absolute atomic E-state index is 9.31. The van der Waals surface area contributed by atoms with E-state index in [1.54, 1.807) is 6.92 Å². The van der Waals surface area contributed by atoms with Gasteiger partial charge in [0.25, 0.3) is 0 Å². The van der Waals surface area contributed by atoms with Gasteiger partial charge in [-0.25, -0.2) is 0 Å². The Kier molecular flexibility index (Phi) is 3.17. The number of fused-ring (bicyclic) bond motifs is 1. The lowest BCUT2D eigenvalue weighted by atomic mass is 10.1. The third-order valence-corrected chi connectivity index (χ3v) is 2.78. The highest BCUT2D eigenvalue weighted by Gasteiger charge is 2.16. The van der Waals surface area contributed by atoms with Crippen molar-refractivity contribution in [3.63, 3.8) is 0 Å². The van der Waals surface area contributed by atoms with Crippen molar-refractivity contribution in [2.45, 2.75) is 19.4 Å². The summed E-state index contributed by atoms with van der Waals surface area (Å²) in [5, 5.41) is 9.31. The van der Waals surface area contributed by atoms with Crippen molar-refractivity contribution >= 4 is 15.9 Å². The Labute approximate surface area is 97.1 Å². The summed E-state index contributed by atoms with van der Waals surface area (Å²) in [4.78, 5) is 0. The maximum atomic E-state index is 9.31. The van der Waals surface area contributed by atoms with Crippen LogP contribution in [0.3, 0.4) is 0 Å². The summed E-state index contributed by atoms with van der Waals surface area (Å²) in [5.41, 5.74) is 1.04. The molecule has 4 heteroatoms. The SMILES string of the molecule is CC(O)Cc1cc(Br)c2c(c1)OCCO2. The topological polar surface area (TPSA) is 38.7 Å². The first kappa shape index (κ1) is 10.8. The van der Waals surface area contributed by atoms with Gasteiger partial charge in [0.2, 0.25) is 0 Å². The summed E-state index contributed by atoms with van der Waals surface area (Å²) < 4.78 is 11.9. The van der Waals surface area contributed by atoms with Gasteiger partial charge in [-0.3, -0.25) is 0 Å². The van der Waals surface area contributed by atoms with Crippen LogP contribution in [0.5, 0.6) is 11.5 Å².